The van der Waals surface area contributed by atoms with Gasteiger partial charge in [-0.1, -0.05) is 70.0 Å². The van der Waals surface area contributed by atoms with E-state index in [-0.39, 0.29) is 30.4 Å². The molecule has 2 rings (SSSR count). The van der Waals surface area contributed by atoms with Crippen LogP contribution in [0.4, 0.5) is 0 Å². The van der Waals surface area contributed by atoms with Crippen LogP contribution in [-0.2, 0) is 18.9 Å². The van der Waals surface area contributed by atoms with Crippen LogP contribution in [0.1, 0.15) is 59.3 Å². The Balaban J connectivity index is 2.23. The molecular formula is C24H40O5S. The van der Waals surface area contributed by atoms with Crippen molar-refractivity contribution in [2.75, 3.05) is 26.4 Å². The Labute approximate surface area is 186 Å². The standard InChI is InChI=1S/C24H40O5S/c1-4-7-15-26-21-20(18-25)29-24(30-19-13-11-10-12-14-19)23(28-17-9-6-3)22(21)27-16-8-5-2/h10-14,20-25H,4-9,15-18H2,1-3H3/t20?,21-,22?,23-,24-/m1/s1. The van der Waals surface area contributed by atoms with Crippen molar-refractivity contribution in [2.45, 2.75) is 94.0 Å². The second-order valence-electron chi connectivity index (χ2n) is 7.72. The topological polar surface area (TPSA) is 57.2 Å². The van der Waals surface area contributed by atoms with Gasteiger partial charge in [-0.25, -0.2) is 0 Å². The third-order valence-electron chi connectivity index (χ3n) is 5.19. The lowest BCUT2D eigenvalue weighted by molar-refractivity contribution is -0.244. The molecule has 172 valence electrons. The highest BCUT2D eigenvalue weighted by Gasteiger charge is 2.48. The molecular weight excluding hydrogens is 400 g/mol. The Morgan fingerprint density at radius 1 is 0.800 bits per heavy atom. The van der Waals surface area contributed by atoms with Gasteiger partial charge in [0.15, 0.2) is 0 Å². The minimum absolute atomic E-state index is 0.0992. The van der Waals surface area contributed by atoms with Crippen LogP contribution in [-0.4, -0.2) is 61.4 Å². The molecule has 0 spiro atoms. The number of hydrogen-bond donors (Lipinski definition) is 1. The minimum atomic E-state index is -0.430. The molecule has 0 saturated carbocycles. The van der Waals surface area contributed by atoms with E-state index in [4.69, 9.17) is 18.9 Å². The zero-order valence-corrected chi connectivity index (χ0v) is 19.6. The first kappa shape index (κ1) is 25.6. The molecule has 1 aromatic rings. The van der Waals surface area contributed by atoms with E-state index in [9.17, 15) is 5.11 Å². The fraction of sp³-hybridized carbons (Fsp3) is 0.750. The van der Waals surface area contributed by atoms with Crippen molar-refractivity contribution in [1.29, 1.82) is 0 Å². The van der Waals surface area contributed by atoms with Gasteiger partial charge in [0.1, 0.15) is 29.9 Å². The van der Waals surface area contributed by atoms with Crippen LogP contribution in [0.3, 0.4) is 0 Å². The summed E-state index contributed by atoms with van der Waals surface area (Å²) in [5.41, 5.74) is -0.265. The van der Waals surface area contributed by atoms with Crippen LogP contribution in [0.5, 0.6) is 0 Å². The van der Waals surface area contributed by atoms with E-state index >= 15 is 0 Å². The fourth-order valence-corrected chi connectivity index (χ4v) is 4.56. The van der Waals surface area contributed by atoms with Gasteiger partial charge < -0.3 is 24.1 Å². The van der Waals surface area contributed by atoms with Crippen LogP contribution in [0, 0.1) is 0 Å². The van der Waals surface area contributed by atoms with E-state index in [1.807, 2.05) is 18.2 Å². The van der Waals surface area contributed by atoms with Crippen molar-refractivity contribution >= 4 is 11.8 Å². The van der Waals surface area contributed by atoms with Crippen molar-refractivity contribution in [3.8, 4) is 0 Å². The van der Waals surface area contributed by atoms with Gasteiger partial charge in [-0.05, 0) is 31.4 Å². The molecule has 0 amide bonds. The minimum Gasteiger partial charge on any atom is -0.394 e. The van der Waals surface area contributed by atoms with Gasteiger partial charge >= 0.3 is 0 Å². The third kappa shape index (κ3) is 8.13. The Hall–Kier alpha value is -0.630. The Morgan fingerprint density at radius 3 is 1.87 bits per heavy atom. The van der Waals surface area contributed by atoms with Crippen molar-refractivity contribution < 1.29 is 24.1 Å². The summed E-state index contributed by atoms with van der Waals surface area (Å²) >= 11 is 1.63. The zero-order chi connectivity index (χ0) is 21.6. The molecule has 0 aromatic heterocycles. The highest BCUT2D eigenvalue weighted by atomic mass is 32.2. The van der Waals surface area contributed by atoms with Crippen LogP contribution >= 0.6 is 11.8 Å². The monoisotopic (exact) mass is 440 g/mol. The predicted octanol–water partition coefficient (Wildman–Crippen LogP) is 5.05. The highest BCUT2D eigenvalue weighted by molar-refractivity contribution is 7.99. The summed E-state index contributed by atoms with van der Waals surface area (Å²) in [5.74, 6) is 0. The molecule has 0 radical (unpaired) electrons. The van der Waals surface area contributed by atoms with Crippen molar-refractivity contribution in [1.82, 2.24) is 0 Å². The summed E-state index contributed by atoms with van der Waals surface area (Å²) in [6.45, 7) is 8.30. The average Bonchev–Trinajstić information content (AvgIpc) is 2.77. The molecule has 1 fully saturated rings. The molecule has 5 nitrogen and oxygen atoms in total. The van der Waals surface area contributed by atoms with Gasteiger partial charge in [0.25, 0.3) is 0 Å². The molecule has 0 aliphatic carbocycles. The smallest absolute Gasteiger partial charge is 0.137 e. The fourth-order valence-electron chi connectivity index (χ4n) is 3.41. The lowest BCUT2D eigenvalue weighted by Crippen LogP contribution is -2.60. The molecule has 1 heterocycles. The molecule has 6 heteroatoms. The number of aliphatic hydroxyl groups excluding tert-OH is 1. The molecule has 0 bridgehead atoms. The van der Waals surface area contributed by atoms with Gasteiger partial charge in [0.05, 0.1) is 6.61 Å². The molecule has 5 atom stereocenters. The van der Waals surface area contributed by atoms with Gasteiger partial charge in [-0.15, -0.1) is 0 Å². The second-order valence-corrected chi connectivity index (χ2v) is 8.90. The van der Waals surface area contributed by atoms with Gasteiger partial charge in [-0.2, -0.15) is 0 Å². The summed E-state index contributed by atoms with van der Waals surface area (Å²) in [4.78, 5) is 1.11. The largest absolute Gasteiger partial charge is 0.394 e. The first-order valence-corrected chi connectivity index (χ1v) is 12.5. The first-order valence-electron chi connectivity index (χ1n) is 11.6. The molecule has 2 unspecified atom stereocenters. The van der Waals surface area contributed by atoms with Crippen LogP contribution in [0.15, 0.2) is 35.2 Å². The van der Waals surface area contributed by atoms with Crippen LogP contribution in [0.2, 0.25) is 0 Å². The number of thioether (sulfide) groups is 1. The van der Waals surface area contributed by atoms with E-state index in [0.717, 1.165) is 43.4 Å². The van der Waals surface area contributed by atoms with Crippen molar-refractivity contribution in [3.05, 3.63) is 30.3 Å². The predicted molar refractivity (Wildman–Crippen MR) is 122 cm³/mol. The maximum atomic E-state index is 10.1. The van der Waals surface area contributed by atoms with E-state index in [0.29, 0.717) is 19.8 Å². The highest BCUT2D eigenvalue weighted by Crippen LogP contribution is 2.37. The lowest BCUT2D eigenvalue weighted by atomic mass is 9.99. The number of ether oxygens (including phenoxy) is 4. The normalized spacial score (nSPS) is 26.7. The summed E-state index contributed by atoms with van der Waals surface area (Å²) in [7, 11) is 0. The van der Waals surface area contributed by atoms with Crippen molar-refractivity contribution in [3.63, 3.8) is 0 Å². The van der Waals surface area contributed by atoms with E-state index in [1.54, 1.807) is 11.8 Å². The van der Waals surface area contributed by atoms with Gasteiger partial charge in [-0.3, -0.25) is 0 Å². The summed E-state index contributed by atoms with van der Waals surface area (Å²) < 4.78 is 25.3. The quantitative estimate of drug-likeness (QED) is 0.385. The SMILES string of the molecule is CCCCOC1[C@H](OCCCC)C(CO)O[C@H](Sc2ccccc2)[C@@H]1OCCCC. The van der Waals surface area contributed by atoms with E-state index < -0.39 is 6.10 Å². The number of unbranched alkanes of at least 4 members (excludes halogenated alkanes) is 3. The Kier molecular flexibility index (Phi) is 13.0. The first-order chi connectivity index (χ1) is 14.7. The third-order valence-corrected chi connectivity index (χ3v) is 6.35. The number of benzene rings is 1. The zero-order valence-electron chi connectivity index (χ0n) is 18.8. The van der Waals surface area contributed by atoms with Crippen LogP contribution in [0.25, 0.3) is 0 Å². The molecule has 30 heavy (non-hydrogen) atoms. The molecule has 1 aliphatic heterocycles. The second kappa shape index (κ2) is 15.2. The van der Waals surface area contributed by atoms with Crippen LogP contribution < -0.4 is 0 Å². The molecule has 1 N–H and O–H groups in total. The van der Waals surface area contributed by atoms with Gasteiger partial charge in [0.2, 0.25) is 0 Å². The van der Waals surface area contributed by atoms with E-state index in [1.165, 1.54) is 0 Å². The maximum absolute atomic E-state index is 10.1. The number of rotatable bonds is 15. The van der Waals surface area contributed by atoms with E-state index in [2.05, 4.69) is 32.9 Å². The lowest BCUT2D eigenvalue weighted by Gasteiger charge is -2.45. The molecule has 1 aromatic carbocycles. The summed E-state index contributed by atoms with van der Waals surface area (Å²) in [6, 6.07) is 10.2. The Bertz CT molecular complexity index is 544. The number of aliphatic hydroxyl groups is 1. The average molecular weight is 441 g/mol. The summed E-state index contributed by atoms with van der Waals surface area (Å²) in [5, 5.41) is 10.1. The Morgan fingerprint density at radius 2 is 1.33 bits per heavy atom. The number of hydrogen-bond acceptors (Lipinski definition) is 6. The van der Waals surface area contributed by atoms with Crippen molar-refractivity contribution in [2.24, 2.45) is 0 Å². The molecule has 1 saturated heterocycles. The summed E-state index contributed by atoms with van der Waals surface area (Å²) in [6.07, 6.45) is 4.86. The maximum Gasteiger partial charge on any atom is 0.137 e. The molecule has 1 aliphatic rings. The van der Waals surface area contributed by atoms with Gasteiger partial charge in [0, 0.05) is 24.7 Å².